The summed E-state index contributed by atoms with van der Waals surface area (Å²) in [5, 5.41) is 4.63. The number of fused-ring (bicyclic) bond motifs is 4. The van der Waals surface area contributed by atoms with E-state index < -0.39 is 0 Å². The summed E-state index contributed by atoms with van der Waals surface area (Å²) in [5.41, 5.74) is 3.06. The third-order valence-electron chi connectivity index (χ3n) is 8.33. The van der Waals surface area contributed by atoms with Crippen molar-refractivity contribution in [3.05, 3.63) is 93.9 Å². The minimum atomic E-state index is -0.274. The maximum absolute atomic E-state index is 13.9. The highest BCUT2D eigenvalue weighted by Crippen LogP contribution is 2.48. The topological polar surface area (TPSA) is 76.7 Å². The van der Waals surface area contributed by atoms with Gasteiger partial charge in [-0.25, -0.2) is 0 Å². The fourth-order valence-electron chi connectivity index (χ4n) is 6.61. The van der Waals surface area contributed by atoms with Gasteiger partial charge in [0.15, 0.2) is 5.78 Å². The van der Waals surface area contributed by atoms with Crippen LogP contribution in [0, 0.1) is 11.8 Å². The Balaban J connectivity index is 1.38. The van der Waals surface area contributed by atoms with E-state index in [1.165, 1.54) is 17.4 Å². The summed E-state index contributed by atoms with van der Waals surface area (Å²) in [6.45, 7) is 0.253. The first kappa shape index (κ1) is 21.3. The predicted octanol–water partition coefficient (Wildman–Crippen LogP) is 4.19. The van der Waals surface area contributed by atoms with Crippen molar-refractivity contribution in [2.75, 3.05) is 0 Å². The van der Waals surface area contributed by atoms with E-state index in [0.717, 1.165) is 18.4 Å². The highest BCUT2D eigenvalue weighted by atomic mass is 16.2. The number of hydrogen-bond acceptors (Lipinski definition) is 4. The summed E-state index contributed by atoms with van der Waals surface area (Å²) in [6.07, 6.45) is 4.57. The average molecular weight is 479 g/mol. The lowest BCUT2D eigenvalue weighted by atomic mass is 9.94. The van der Waals surface area contributed by atoms with E-state index >= 15 is 0 Å². The Bertz CT molecular complexity index is 1570. The molecule has 7 heteroatoms. The molecule has 1 amide bonds. The van der Waals surface area contributed by atoms with Crippen molar-refractivity contribution in [1.82, 2.24) is 19.1 Å². The van der Waals surface area contributed by atoms with Crippen molar-refractivity contribution >= 4 is 17.3 Å². The zero-order valence-electron chi connectivity index (χ0n) is 19.8. The molecule has 0 N–H and O–H groups in total. The number of carbonyl (C=O) groups excluding carboxylic acids is 2. The molecule has 2 saturated carbocycles. The first-order valence-corrected chi connectivity index (χ1v) is 12.7. The second-order valence-electron chi connectivity index (χ2n) is 10.3. The molecule has 2 aliphatic carbocycles. The molecule has 0 spiro atoms. The normalized spacial score (nSPS) is 22.5. The molecule has 3 aliphatic rings. The van der Waals surface area contributed by atoms with E-state index in [4.69, 9.17) is 0 Å². The predicted molar refractivity (Wildman–Crippen MR) is 135 cm³/mol. The van der Waals surface area contributed by atoms with Crippen molar-refractivity contribution in [2.45, 2.75) is 44.8 Å². The molecular weight excluding hydrogens is 452 g/mol. The zero-order chi connectivity index (χ0) is 24.4. The van der Waals surface area contributed by atoms with Gasteiger partial charge < -0.3 is 9.47 Å². The Morgan fingerprint density at radius 1 is 0.944 bits per heavy atom. The Kier molecular flexibility index (Phi) is 4.74. The molecule has 7 nitrogen and oxygen atoms in total. The second-order valence-corrected chi connectivity index (χ2v) is 10.3. The van der Waals surface area contributed by atoms with Gasteiger partial charge in [-0.2, -0.15) is 9.61 Å². The van der Waals surface area contributed by atoms with Crippen molar-refractivity contribution in [3.63, 3.8) is 0 Å². The first-order valence-electron chi connectivity index (χ1n) is 12.7. The van der Waals surface area contributed by atoms with Gasteiger partial charge in [0.25, 0.3) is 11.5 Å². The molecule has 2 fully saturated rings. The number of rotatable bonds is 5. The SMILES string of the molecule is O=C(Cn1c2c(c(=O)n3nc(-c4ccccc4)cc13)CN([C@H]1C[C@@H]3CC[C@H]1C3)C2=O)c1ccccc1. The lowest BCUT2D eigenvalue weighted by molar-refractivity contribution is 0.0629. The summed E-state index contributed by atoms with van der Waals surface area (Å²) >= 11 is 0. The molecule has 1 aliphatic heterocycles. The monoisotopic (exact) mass is 478 g/mol. The van der Waals surface area contributed by atoms with Crippen molar-refractivity contribution in [1.29, 1.82) is 0 Å². The number of benzene rings is 2. The molecule has 2 aromatic carbocycles. The maximum Gasteiger partial charge on any atom is 0.280 e. The largest absolute Gasteiger partial charge is 0.329 e. The van der Waals surface area contributed by atoms with Crippen LogP contribution >= 0.6 is 0 Å². The molecule has 2 aromatic heterocycles. The first-order chi connectivity index (χ1) is 17.6. The van der Waals surface area contributed by atoms with E-state index in [1.807, 2.05) is 59.5 Å². The summed E-state index contributed by atoms with van der Waals surface area (Å²) in [4.78, 5) is 42.8. The second kappa shape index (κ2) is 8.01. The van der Waals surface area contributed by atoms with Crippen molar-refractivity contribution in [2.24, 2.45) is 11.8 Å². The zero-order valence-corrected chi connectivity index (χ0v) is 19.8. The molecule has 180 valence electrons. The van der Waals surface area contributed by atoms with Gasteiger partial charge >= 0.3 is 0 Å². The van der Waals surface area contributed by atoms with Gasteiger partial charge in [-0.05, 0) is 31.1 Å². The van der Waals surface area contributed by atoms with Crippen LogP contribution in [0.25, 0.3) is 16.9 Å². The molecule has 3 atom stereocenters. The maximum atomic E-state index is 13.9. The summed E-state index contributed by atoms with van der Waals surface area (Å²) < 4.78 is 3.10. The van der Waals surface area contributed by atoms with E-state index in [-0.39, 0.29) is 36.4 Å². The Morgan fingerprint density at radius 3 is 2.39 bits per heavy atom. The van der Waals surface area contributed by atoms with Crippen LogP contribution in [0.5, 0.6) is 0 Å². The number of amides is 1. The lowest BCUT2D eigenvalue weighted by Crippen LogP contribution is -2.39. The van der Waals surface area contributed by atoms with Gasteiger partial charge in [-0.15, -0.1) is 0 Å². The number of carbonyl (C=O) groups is 2. The molecule has 4 aromatic rings. The molecular formula is C29H26N4O3. The molecule has 3 heterocycles. The summed E-state index contributed by atoms with van der Waals surface area (Å²) in [5.74, 6) is 0.944. The molecule has 0 unspecified atom stereocenters. The van der Waals surface area contributed by atoms with Crippen LogP contribution in [-0.2, 0) is 13.1 Å². The van der Waals surface area contributed by atoms with E-state index in [1.54, 1.807) is 16.7 Å². The standard InChI is InChI=1S/C29H26N4O3/c34-25(20-9-5-2-6-10-20)17-32-26-15-23(19-7-3-1-4-8-19)30-33(26)28(35)22-16-31(29(36)27(22)32)24-14-18-11-12-21(24)13-18/h1-10,15,18,21,24H,11-14,16-17H2/t18-,21+,24+/m1/s1. The Hall–Kier alpha value is -4.00. The minimum absolute atomic E-state index is 0.0354. The van der Waals surface area contributed by atoms with Crippen LogP contribution in [0.4, 0.5) is 0 Å². The highest BCUT2D eigenvalue weighted by Gasteiger charge is 2.47. The van der Waals surface area contributed by atoms with Crippen LogP contribution < -0.4 is 5.56 Å². The molecule has 36 heavy (non-hydrogen) atoms. The van der Waals surface area contributed by atoms with Gasteiger partial charge in [-0.1, -0.05) is 67.1 Å². The smallest absolute Gasteiger partial charge is 0.280 e. The number of nitrogens with zero attached hydrogens (tertiary/aromatic N) is 4. The molecule has 0 radical (unpaired) electrons. The quantitative estimate of drug-likeness (QED) is 0.403. The summed E-state index contributed by atoms with van der Waals surface area (Å²) in [6, 6.07) is 20.7. The summed E-state index contributed by atoms with van der Waals surface area (Å²) in [7, 11) is 0. The number of aromatic nitrogens is 3. The third kappa shape index (κ3) is 3.19. The van der Waals surface area contributed by atoms with Gasteiger partial charge in [-0.3, -0.25) is 14.4 Å². The van der Waals surface area contributed by atoms with Crippen LogP contribution in [0.3, 0.4) is 0 Å². The van der Waals surface area contributed by atoms with Gasteiger partial charge in [0.1, 0.15) is 11.3 Å². The Labute approximate surface area is 208 Å². The van der Waals surface area contributed by atoms with Crippen LogP contribution in [0.2, 0.25) is 0 Å². The van der Waals surface area contributed by atoms with Gasteiger partial charge in [0.2, 0.25) is 0 Å². The van der Waals surface area contributed by atoms with Crippen molar-refractivity contribution in [3.8, 4) is 11.3 Å². The lowest BCUT2D eigenvalue weighted by Gasteiger charge is -2.31. The van der Waals surface area contributed by atoms with E-state index in [0.29, 0.717) is 40.0 Å². The van der Waals surface area contributed by atoms with Crippen LogP contribution in [0.1, 0.15) is 52.1 Å². The highest BCUT2D eigenvalue weighted by molar-refractivity contribution is 6.00. The van der Waals surface area contributed by atoms with E-state index in [2.05, 4.69) is 5.10 Å². The van der Waals surface area contributed by atoms with Crippen LogP contribution in [-0.4, -0.2) is 36.8 Å². The van der Waals surface area contributed by atoms with Crippen molar-refractivity contribution < 1.29 is 9.59 Å². The fourth-order valence-corrected chi connectivity index (χ4v) is 6.61. The van der Waals surface area contributed by atoms with Gasteiger partial charge in [0, 0.05) is 23.2 Å². The molecule has 0 saturated heterocycles. The Morgan fingerprint density at radius 2 is 1.69 bits per heavy atom. The van der Waals surface area contributed by atoms with E-state index in [9.17, 15) is 14.4 Å². The number of hydrogen-bond donors (Lipinski definition) is 0. The number of Topliss-reactive ketones (excluding diaryl/α,β-unsaturated/α-hetero) is 1. The molecule has 2 bridgehead atoms. The van der Waals surface area contributed by atoms with Crippen LogP contribution in [0.15, 0.2) is 71.5 Å². The third-order valence-corrected chi connectivity index (χ3v) is 8.33. The minimum Gasteiger partial charge on any atom is -0.329 e. The van der Waals surface area contributed by atoms with Gasteiger partial charge in [0.05, 0.1) is 24.3 Å². The number of ketones is 1. The fraction of sp³-hybridized carbons (Fsp3) is 0.310. The average Bonchev–Trinajstić information content (AvgIpc) is 3.71. The molecule has 7 rings (SSSR count).